The predicted molar refractivity (Wildman–Crippen MR) is 91.4 cm³/mol. The number of H-pyrrole nitrogens is 1. The van der Waals surface area contributed by atoms with Gasteiger partial charge in [-0.25, -0.2) is 4.79 Å². The van der Waals surface area contributed by atoms with Crippen LogP contribution in [0.4, 0.5) is 10.6 Å². The Hall–Kier alpha value is -2.10. The lowest BCUT2D eigenvalue weighted by Gasteiger charge is -2.09. The molecular formula is C14H14BrClN4O4. The molecule has 1 aromatic heterocycles. The standard InChI is InChI=1S/C14H14BrClN4O4/c1-7(6-21)17-14(23)24-13-10(15)11(19-20-13)18-12(22)8-4-2-3-5-9(8)16/h2-5,7,21H,6H2,1H3,(H,17,23)(H2,18,19,20,22)/t7-/m1/s1. The van der Waals surface area contributed by atoms with E-state index in [-0.39, 0.29) is 28.3 Å². The van der Waals surface area contributed by atoms with Crippen LogP contribution in [0.15, 0.2) is 28.7 Å². The molecule has 128 valence electrons. The number of aliphatic hydroxyl groups excluding tert-OH is 1. The molecule has 1 heterocycles. The molecule has 0 bridgehead atoms. The molecule has 0 aliphatic carbocycles. The summed E-state index contributed by atoms with van der Waals surface area (Å²) >= 11 is 9.15. The number of nitrogens with zero attached hydrogens (tertiary/aromatic N) is 1. The SMILES string of the molecule is C[C@H](CO)NC(=O)Oc1n[nH]c(NC(=O)c2ccccc2Cl)c1Br. The molecule has 24 heavy (non-hydrogen) atoms. The highest BCUT2D eigenvalue weighted by molar-refractivity contribution is 9.10. The van der Waals surface area contributed by atoms with E-state index in [2.05, 4.69) is 36.8 Å². The minimum Gasteiger partial charge on any atom is -0.394 e. The van der Waals surface area contributed by atoms with E-state index in [1.165, 1.54) is 0 Å². The Morgan fingerprint density at radius 1 is 1.46 bits per heavy atom. The number of benzene rings is 1. The van der Waals surface area contributed by atoms with Gasteiger partial charge in [0.1, 0.15) is 10.3 Å². The molecule has 2 amide bonds. The fourth-order valence-electron chi connectivity index (χ4n) is 1.65. The Balaban J connectivity index is 2.06. The van der Waals surface area contributed by atoms with Crippen LogP contribution < -0.4 is 15.4 Å². The van der Waals surface area contributed by atoms with Gasteiger partial charge in [-0.05, 0) is 35.0 Å². The van der Waals surface area contributed by atoms with Gasteiger partial charge in [-0.2, -0.15) is 0 Å². The summed E-state index contributed by atoms with van der Waals surface area (Å²) in [6.45, 7) is 1.38. The molecule has 4 N–H and O–H groups in total. The number of rotatable bonds is 5. The van der Waals surface area contributed by atoms with Gasteiger partial charge < -0.3 is 20.5 Å². The van der Waals surface area contributed by atoms with E-state index in [0.29, 0.717) is 5.02 Å². The van der Waals surface area contributed by atoms with Crippen LogP contribution in [0.1, 0.15) is 17.3 Å². The summed E-state index contributed by atoms with van der Waals surface area (Å²) in [5, 5.41) is 20.5. The topological polar surface area (TPSA) is 116 Å². The van der Waals surface area contributed by atoms with Crippen molar-refractivity contribution in [2.24, 2.45) is 0 Å². The zero-order valence-corrected chi connectivity index (χ0v) is 14.8. The second-order valence-corrected chi connectivity index (χ2v) is 5.97. The summed E-state index contributed by atoms with van der Waals surface area (Å²) < 4.78 is 5.24. The predicted octanol–water partition coefficient (Wildman–Crippen LogP) is 2.55. The lowest BCUT2D eigenvalue weighted by molar-refractivity contribution is 0.102. The maximum Gasteiger partial charge on any atom is 0.414 e. The first-order chi connectivity index (χ1) is 11.4. The van der Waals surface area contributed by atoms with Crippen molar-refractivity contribution in [2.45, 2.75) is 13.0 Å². The molecule has 0 fully saturated rings. The van der Waals surface area contributed by atoms with Crippen LogP contribution in [-0.2, 0) is 0 Å². The number of ether oxygens (including phenoxy) is 1. The largest absolute Gasteiger partial charge is 0.414 e. The van der Waals surface area contributed by atoms with Crippen LogP contribution in [0.3, 0.4) is 0 Å². The zero-order valence-electron chi connectivity index (χ0n) is 12.5. The Labute approximate surface area is 150 Å². The number of halogens is 2. The summed E-state index contributed by atoms with van der Waals surface area (Å²) in [6.07, 6.45) is -0.785. The number of anilines is 1. The Bertz CT molecular complexity index is 752. The van der Waals surface area contributed by atoms with Gasteiger partial charge in [-0.3, -0.25) is 9.89 Å². The third kappa shape index (κ3) is 4.47. The molecule has 2 rings (SSSR count). The summed E-state index contributed by atoms with van der Waals surface area (Å²) in [7, 11) is 0. The average Bonchev–Trinajstić information content (AvgIpc) is 2.88. The van der Waals surface area contributed by atoms with Crippen molar-refractivity contribution in [2.75, 3.05) is 11.9 Å². The maximum absolute atomic E-state index is 12.2. The van der Waals surface area contributed by atoms with E-state index in [1.54, 1.807) is 31.2 Å². The lowest BCUT2D eigenvalue weighted by Crippen LogP contribution is -2.37. The van der Waals surface area contributed by atoms with Gasteiger partial charge in [0.25, 0.3) is 11.8 Å². The smallest absolute Gasteiger partial charge is 0.394 e. The monoisotopic (exact) mass is 416 g/mol. The fourth-order valence-corrected chi connectivity index (χ4v) is 2.23. The van der Waals surface area contributed by atoms with Gasteiger partial charge >= 0.3 is 6.09 Å². The first-order valence-electron chi connectivity index (χ1n) is 6.81. The van der Waals surface area contributed by atoms with Crippen LogP contribution in [0.5, 0.6) is 5.88 Å². The molecule has 2 aromatic rings. The molecule has 0 spiro atoms. The Morgan fingerprint density at radius 2 is 2.17 bits per heavy atom. The quantitative estimate of drug-likeness (QED) is 0.596. The van der Waals surface area contributed by atoms with E-state index in [9.17, 15) is 9.59 Å². The highest BCUT2D eigenvalue weighted by Crippen LogP contribution is 2.30. The van der Waals surface area contributed by atoms with Gasteiger partial charge in [0.15, 0.2) is 0 Å². The van der Waals surface area contributed by atoms with Crippen molar-refractivity contribution in [3.05, 3.63) is 39.3 Å². The number of nitrogens with one attached hydrogen (secondary N) is 3. The van der Waals surface area contributed by atoms with Crippen molar-refractivity contribution >= 4 is 45.3 Å². The van der Waals surface area contributed by atoms with Gasteiger partial charge in [-0.15, -0.1) is 5.10 Å². The Morgan fingerprint density at radius 3 is 2.83 bits per heavy atom. The zero-order chi connectivity index (χ0) is 17.7. The molecular weight excluding hydrogens is 404 g/mol. The number of aliphatic hydroxyl groups is 1. The third-order valence-electron chi connectivity index (χ3n) is 2.86. The molecule has 1 aromatic carbocycles. The van der Waals surface area contributed by atoms with Crippen molar-refractivity contribution in [1.29, 1.82) is 0 Å². The van der Waals surface area contributed by atoms with E-state index in [0.717, 1.165) is 0 Å². The number of aromatic amines is 1. The van der Waals surface area contributed by atoms with E-state index in [1.807, 2.05) is 0 Å². The van der Waals surface area contributed by atoms with Crippen LogP contribution in [0, 0.1) is 0 Å². The highest BCUT2D eigenvalue weighted by Gasteiger charge is 2.19. The van der Waals surface area contributed by atoms with Gasteiger partial charge in [0.2, 0.25) is 0 Å². The van der Waals surface area contributed by atoms with Crippen LogP contribution in [-0.4, -0.2) is 40.0 Å². The van der Waals surface area contributed by atoms with E-state index >= 15 is 0 Å². The molecule has 10 heteroatoms. The molecule has 8 nitrogen and oxygen atoms in total. The number of hydrogen-bond acceptors (Lipinski definition) is 5. The van der Waals surface area contributed by atoms with Gasteiger partial charge in [0.05, 0.1) is 23.2 Å². The first kappa shape index (κ1) is 18.2. The number of carbonyl (C=O) groups is 2. The molecule has 0 aliphatic rings. The Kier molecular flexibility index (Phi) is 6.18. The fraction of sp³-hybridized carbons (Fsp3) is 0.214. The summed E-state index contributed by atoms with van der Waals surface area (Å²) in [6, 6.07) is 6.10. The van der Waals surface area contributed by atoms with Crippen molar-refractivity contribution in [3.63, 3.8) is 0 Å². The van der Waals surface area contributed by atoms with Crippen LogP contribution in [0.2, 0.25) is 5.02 Å². The number of aromatic nitrogens is 2. The molecule has 0 saturated heterocycles. The molecule has 1 atom stereocenters. The first-order valence-corrected chi connectivity index (χ1v) is 7.98. The van der Waals surface area contributed by atoms with E-state index < -0.39 is 18.0 Å². The normalized spacial score (nSPS) is 11.7. The molecule has 0 saturated carbocycles. The minimum atomic E-state index is -0.785. The van der Waals surface area contributed by atoms with Crippen LogP contribution >= 0.6 is 27.5 Å². The summed E-state index contributed by atoms with van der Waals surface area (Å²) in [4.78, 5) is 23.8. The van der Waals surface area contributed by atoms with Gasteiger partial charge in [-0.1, -0.05) is 23.7 Å². The maximum atomic E-state index is 12.2. The number of hydrogen-bond donors (Lipinski definition) is 4. The number of carbonyl (C=O) groups excluding carboxylic acids is 2. The van der Waals surface area contributed by atoms with Gasteiger partial charge in [0, 0.05) is 0 Å². The second kappa shape index (κ2) is 8.13. The third-order valence-corrected chi connectivity index (χ3v) is 3.93. The van der Waals surface area contributed by atoms with Crippen molar-refractivity contribution in [3.8, 4) is 5.88 Å². The second-order valence-electron chi connectivity index (χ2n) is 4.77. The van der Waals surface area contributed by atoms with Crippen molar-refractivity contribution in [1.82, 2.24) is 15.5 Å². The molecule has 0 aliphatic heterocycles. The van der Waals surface area contributed by atoms with Crippen molar-refractivity contribution < 1.29 is 19.4 Å². The summed E-state index contributed by atoms with van der Waals surface area (Å²) in [5.74, 6) is -0.306. The molecule has 0 unspecified atom stereocenters. The average molecular weight is 418 g/mol. The minimum absolute atomic E-state index is 0.0629. The number of amides is 2. The summed E-state index contributed by atoms with van der Waals surface area (Å²) in [5.41, 5.74) is 0.289. The van der Waals surface area contributed by atoms with Crippen LogP contribution in [0.25, 0.3) is 0 Å². The molecule has 0 radical (unpaired) electrons. The highest BCUT2D eigenvalue weighted by atomic mass is 79.9. The van der Waals surface area contributed by atoms with E-state index in [4.69, 9.17) is 21.4 Å². The lowest BCUT2D eigenvalue weighted by atomic mass is 10.2.